The number of ether oxygens (including phenoxy) is 1. The summed E-state index contributed by atoms with van der Waals surface area (Å²) in [5, 5.41) is 0.945. The zero-order valence-electron chi connectivity index (χ0n) is 7.84. The lowest BCUT2D eigenvalue weighted by Crippen LogP contribution is -1.86. The number of rotatable bonds is 1. The summed E-state index contributed by atoms with van der Waals surface area (Å²) < 4.78 is 20.2. The first-order valence-corrected chi connectivity index (χ1v) is 5.11. The van der Waals surface area contributed by atoms with Crippen LogP contribution in [0.2, 0.25) is 0 Å². The molecule has 0 unspecified atom stereocenters. The van der Waals surface area contributed by atoms with E-state index in [9.17, 15) is 4.39 Å². The van der Waals surface area contributed by atoms with Crippen molar-refractivity contribution in [3.8, 4) is 5.75 Å². The Balaban J connectivity index is 2.87. The van der Waals surface area contributed by atoms with Crippen LogP contribution >= 0.6 is 22.9 Å². The number of nitrogens with zero attached hydrogens (tertiary/aromatic N) is 1. The van der Waals surface area contributed by atoms with Crippen molar-refractivity contribution in [2.24, 2.45) is 0 Å². The van der Waals surface area contributed by atoms with E-state index >= 15 is 0 Å². The minimum absolute atomic E-state index is 0.273. The van der Waals surface area contributed by atoms with Gasteiger partial charge in [0.15, 0.2) is 0 Å². The van der Waals surface area contributed by atoms with Crippen LogP contribution in [0.25, 0.3) is 10.9 Å². The molecule has 0 aliphatic heterocycles. The molecule has 0 N–H and O–H groups in total. The van der Waals surface area contributed by atoms with Gasteiger partial charge < -0.3 is 4.74 Å². The molecule has 74 valence electrons. The molecule has 0 spiro atoms. The molecule has 2 nitrogen and oxygen atoms in total. The maximum absolute atomic E-state index is 13.2. The van der Waals surface area contributed by atoms with Crippen LogP contribution in [0.1, 0.15) is 5.69 Å². The third-order valence-corrected chi connectivity index (χ3v) is 3.46. The van der Waals surface area contributed by atoms with Crippen LogP contribution < -0.4 is 4.74 Å². The molecule has 4 heteroatoms. The van der Waals surface area contributed by atoms with Gasteiger partial charge in [-0.15, -0.1) is 0 Å². The van der Waals surface area contributed by atoms with E-state index in [-0.39, 0.29) is 5.82 Å². The number of hydrogen-bond acceptors (Lipinski definition) is 1. The highest BCUT2D eigenvalue weighted by molar-refractivity contribution is 14.1. The zero-order valence-corrected chi connectivity index (χ0v) is 10.0. The molecule has 0 saturated heterocycles. The van der Waals surface area contributed by atoms with E-state index in [4.69, 9.17) is 4.74 Å². The molecule has 0 amide bonds. The summed E-state index contributed by atoms with van der Waals surface area (Å²) in [4.78, 5) is 0. The number of aromatic nitrogens is 1. The van der Waals surface area contributed by atoms with E-state index in [1.54, 1.807) is 7.11 Å². The largest absolute Gasteiger partial charge is 0.496 e. The standard InChI is InChI=1S/C10H9FINO/c1-6-3-8-9(13(6)12)4-7(11)5-10(8)14-2/h3-5H,1-2H3. The molecule has 2 rings (SSSR count). The van der Waals surface area contributed by atoms with Gasteiger partial charge in [0.25, 0.3) is 0 Å². The van der Waals surface area contributed by atoms with Crippen molar-refractivity contribution >= 4 is 33.8 Å². The Labute approximate surface area is 95.2 Å². The predicted octanol–water partition coefficient (Wildman–Crippen LogP) is 3.30. The second kappa shape index (κ2) is 3.42. The molecule has 1 aromatic carbocycles. The molecule has 1 aromatic heterocycles. The Morgan fingerprint density at radius 2 is 2.07 bits per heavy atom. The first kappa shape index (κ1) is 9.76. The van der Waals surface area contributed by atoms with Crippen molar-refractivity contribution in [1.29, 1.82) is 0 Å². The van der Waals surface area contributed by atoms with Gasteiger partial charge in [-0.25, -0.2) is 4.39 Å². The maximum Gasteiger partial charge on any atom is 0.131 e. The summed E-state index contributed by atoms with van der Waals surface area (Å²) in [7, 11) is 1.55. The van der Waals surface area contributed by atoms with Gasteiger partial charge in [0.2, 0.25) is 0 Å². The van der Waals surface area contributed by atoms with E-state index in [1.807, 2.05) is 15.8 Å². The summed E-state index contributed by atoms with van der Waals surface area (Å²) >= 11 is 2.14. The molecule has 1 heterocycles. The minimum Gasteiger partial charge on any atom is -0.496 e. The van der Waals surface area contributed by atoms with Gasteiger partial charge >= 0.3 is 0 Å². The number of benzene rings is 1. The first-order valence-electron chi connectivity index (χ1n) is 4.15. The Bertz CT molecular complexity index is 492. The normalized spacial score (nSPS) is 10.9. The number of hydrogen-bond donors (Lipinski definition) is 0. The minimum atomic E-state index is -0.273. The maximum atomic E-state index is 13.2. The van der Waals surface area contributed by atoms with Crippen molar-refractivity contribution in [1.82, 2.24) is 2.78 Å². The van der Waals surface area contributed by atoms with Crippen molar-refractivity contribution < 1.29 is 9.13 Å². The topological polar surface area (TPSA) is 14.2 Å². The highest BCUT2D eigenvalue weighted by Gasteiger charge is 2.10. The number of methoxy groups -OCH3 is 1. The summed E-state index contributed by atoms with van der Waals surface area (Å²) in [6.07, 6.45) is 0. The molecule has 0 radical (unpaired) electrons. The van der Waals surface area contributed by atoms with Gasteiger partial charge in [0.05, 0.1) is 35.5 Å². The van der Waals surface area contributed by atoms with Gasteiger partial charge in [0, 0.05) is 17.1 Å². The Morgan fingerprint density at radius 1 is 1.36 bits per heavy atom. The van der Waals surface area contributed by atoms with Crippen LogP contribution in [0, 0.1) is 12.7 Å². The van der Waals surface area contributed by atoms with E-state index in [2.05, 4.69) is 22.9 Å². The molecular formula is C10H9FINO. The average Bonchev–Trinajstić information content (AvgIpc) is 2.43. The fourth-order valence-corrected chi connectivity index (χ4v) is 2.05. The van der Waals surface area contributed by atoms with Crippen molar-refractivity contribution in [3.05, 3.63) is 29.7 Å². The summed E-state index contributed by atoms with van der Waals surface area (Å²) in [6, 6.07) is 4.90. The quantitative estimate of drug-likeness (QED) is 0.737. The Morgan fingerprint density at radius 3 is 2.71 bits per heavy atom. The predicted molar refractivity (Wildman–Crippen MR) is 62.6 cm³/mol. The van der Waals surface area contributed by atoms with Crippen molar-refractivity contribution in [3.63, 3.8) is 0 Å². The molecule has 0 bridgehead atoms. The molecule has 0 atom stereocenters. The van der Waals surface area contributed by atoms with E-state index in [1.165, 1.54) is 12.1 Å². The monoisotopic (exact) mass is 305 g/mol. The van der Waals surface area contributed by atoms with Crippen LogP contribution in [-0.2, 0) is 0 Å². The molecule has 2 aromatic rings. The second-order valence-electron chi connectivity index (χ2n) is 3.11. The lowest BCUT2D eigenvalue weighted by molar-refractivity contribution is 0.416. The summed E-state index contributed by atoms with van der Waals surface area (Å²) in [5.41, 5.74) is 1.92. The SMILES string of the molecule is COc1cc(F)cc2c1cc(C)n2I. The third-order valence-electron chi connectivity index (χ3n) is 2.18. The molecule has 14 heavy (non-hydrogen) atoms. The molecule has 0 aliphatic rings. The van der Waals surface area contributed by atoms with E-state index in [0.29, 0.717) is 5.75 Å². The highest BCUT2D eigenvalue weighted by Crippen LogP contribution is 2.31. The lowest BCUT2D eigenvalue weighted by Gasteiger charge is -2.02. The fraction of sp³-hybridized carbons (Fsp3) is 0.200. The fourth-order valence-electron chi connectivity index (χ4n) is 1.51. The molecule has 0 aliphatic carbocycles. The van der Waals surface area contributed by atoms with Crippen LogP contribution in [0.4, 0.5) is 4.39 Å². The van der Waals surface area contributed by atoms with Gasteiger partial charge in [0.1, 0.15) is 11.6 Å². The van der Waals surface area contributed by atoms with Crippen LogP contribution in [0.3, 0.4) is 0 Å². The lowest BCUT2D eigenvalue weighted by atomic mass is 10.2. The van der Waals surface area contributed by atoms with Crippen molar-refractivity contribution in [2.45, 2.75) is 6.92 Å². The molecule has 0 saturated carbocycles. The smallest absolute Gasteiger partial charge is 0.131 e. The van der Waals surface area contributed by atoms with Crippen molar-refractivity contribution in [2.75, 3.05) is 7.11 Å². The summed E-state index contributed by atoms with van der Waals surface area (Å²) in [6.45, 7) is 1.98. The van der Waals surface area contributed by atoms with Gasteiger partial charge in [-0.2, -0.15) is 0 Å². The number of fused-ring (bicyclic) bond motifs is 1. The van der Waals surface area contributed by atoms with Gasteiger partial charge in [-0.05, 0) is 19.1 Å². The molecule has 0 fully saturated rings. The van der Waals surface area contributed by atoms with Gasteiger partial charge in [-0.1, -0.05) is 0 Å². The van der Waals surface area contributed by atoms with Crippen LogP contribution in [0.5, 0.6) is 5.75 Å². The Hall–Kier alpha value is -0.780. The van der Waals surface area contributed by atoms with Crippen LogP contribution in [-0.4, -0.2) is 9.89 Å². The first-order chi connectivity index (χ1) is 6.63. The van der Waals surface area contributed by atoms with E-state index < -0.39 is 0 Å². The highest BCUT2D eigenvalue weighted by atomic mass is 127. The van der Waals surface area contributed by atoms with E-state index in [0.717, 1.165) is 16.6 Å². The average molecular weight is 305 g/mol. The number of aryl methyl sites for hydroxylation is 1. The van der Waals surface area contributed by atoms with Gasteiger partial charge in [-0.3, -0.25) is 2.78 Å². The zero-order chi connectivity index (χ0) is 10.3. The second-order valence-corrected chi connectivity index (χ2v) is 4.07. The van der Waals surface area contributed by atoms with Crippen LogP contribution in [0.15, 0.2) is 18.2 Å². The third kappa shape index (κ3) is 1.37. The summed E-state index contributed by atoms with van der Waals surface area (Å²) in [5.74, 6) is 0.309. The Kier molecular flexibility index (Phi) is 2.38. The number of halogens is 2. The molecular weight excluding hydrogens is 296 g/mol.